The fourth-order valence-corrected chi connectivity index (χ4v) is 6.97. The van der Waals surface area contributed by atoms with Gasteiger partial charge in [-0.3, -0.25) is 9.58 Å². The van der Waals surface area contributed by atoms with Gasteiger partial charge in [-0.25, -0.2) is 14.8 Å². The first-order valence-electron chi connectivity index (χ1n) is 17.8. The molecule has 2 aliphatic heterocycles. The minimum atomic E-state index is -0.553. The maximum Gasteiger partial charge on any atom is 0.338 e. The number of carbonyl (C=O) groups is 1. The van der Waals surface area contributed by atoms with Crippen LogP contribution >= 0.6 is 0 Å². The van der Waals surface area contributed by atoms with Crippen LogP contribution in [0, 0.1) is 5.92 Å². The van der Waals surface area contributed by atoms with Gasteiger partial charge in [0, 0.05) is 36.2 Å². The molecular weight excluding hydrogens is 616 g/mol. The molecule has 0 radical (unpaired) electrons. The van der Waals surface area contributed by atoms with Crippen LogP contribution in [0.1, 0.15) is 86.2 Å². The summed E-state index contributed by atoms with van der Waals surface area (Å²) in [6, 6.07) is 18.3. The Hall–Kier alpha value is -4.28. The summed E-state index contributed by atoms with van der Waals surface area (Å²) in [6.45, 7) is 11.3. The highest BCUT2D eigenvalue weighted by molar-refractivity contribution is 5.94. The van der Waals surface area contributed by atoms with Crippen LogP contribution in [-0.2, 0) is 35.7 Å². The van der Waals surface area contributed by atoms with Gasteiger partial charge in [0.05, 0.1) is 47.5 Å². The van der Waals surface area contributed by atoms with E-state index in [2.05, 4.69) is 49.6 Å². The zero-order valence-electron chi connectivity index (χ0n) is 28.8. The first-order chi connectivity index (χ1) is 23.7. The van der Waals surface area contributed by atoms with Gasteiger partial charge in [-0.2, -0.15) is 5.10 Å². The summed E-state index contributed by atoms with van der Waals surface area (Å²) >= 11 is 0. The van der Waals surface area contributed by atoms with Crippen LogP contribution < -0.4 is 4.74 Å². The lowest BCUT2D eigenvalue weighted by Crippen LogP contribution is -2.35. The second-order valence-corrected chi connectivity index (χ2v) is 15.0. The van der Waals surface area contributed by atoms with Gasteiger partial charge in [-0.15, -0.1) is 0 Å². The van der Waals surface area contributed by atoms with E-state index in [0.717, 1.165) is 92.6 Å². The van der Waals surface area contributed by atoms with Gasteiger partial charge in [0.15, 0.2) is 0 Å². The van der Waals surface area contributed by atoms with E-state index < -0.39 is 5.60 Å². The molecule has 1 unspecified atom stereocenters. The number of carbonyl (C=O) groups excluding carboxylic acids is 1. The van der Waals surface area contributed by atoms with Crippen molar-refractivity contribution in [1.29, 1.82) is 0 Å². The van der Waals surface area contributed by atoms with Crippen LogP contribution in [0.5, 0.6) is 5.88 Å². The number of pyridine rings is 1. The van der Waals surface area contributed by atoms with Gasteiger partial charge < -0.3 is 18.8 Å². The monoisotopic (exact) mass is 662 g/mol. The van der Waals surface area contributed by atoms with E-state index in [1.807, 2.05) is 51.2 Å². The third kappa shape index (κ3) is 7.35. The highest BCUT2D eigenvalue weighted by Crippen LogP contribution is 2.32. The first-order valence-corrected chi connectivity index (χ1v) is 17.8. The summed E-state index contributed by atoms with van der Waals surface area (Å²) in [7, 11) is 0. The molecule has 5 heterocycles. The lowest BCUT2D eigenvalue weighted by atomic mass is 9.93. The van der Waals surface area contributed by atoms with Crippen LogP contribution in [-0.4, -0.2) is 66.6 Å². The molecule has 49 heavy (non-hydrogen) atoms. The lowest BCUT2D eigenvalue weighted by molar-refractivity contribution is -0.0592. The Morgan fingerprint density at radius 3 is 2.53 bits per heavy atom. The molecule has 0 bridgehead atoms. The highest BCUT2D eigenvalue weighted by atomic mass is 16.6. The predicted octanol–water partition coefficient (Wildman–Crippen LogP) is 6.89. The Labute approximate surface area is 287 Å². The number of esters is 1. The van der Waals surface area contributed by atoms with Crippen LogP contribution in [0.3, 0.4) is 0 Å². The molecule has 3 fully saturated rings. The summed E-state index contributed by atoms with van der Waals surface area (Å²) < 4.78 is 22.1. The van der Waals surface area contributed by atoms with Crippen molar-refractivity contribution in [1.82, 2.24) is 29.2 Å². The third-order valence-corrected chi connectivity index (χ3v) is 9.98. The number of hydrogen-bond acceptors (Lipinski definition) is 8. The summed E-state index contributed by atoms with van der Waals surface area (Å²) in [6.07, 6.45) is 7.83. The third-order valence-electron chi connectivity index (χ3n) is 9.98. The number of nitrogens with zero attached hydrogens (tertiary/aromatic N) is 6. The number of likely N-dealkylation sites (tertiary alicyclic amines) is 1. The Bertz CT molecular complexity index is 1960. The Morgan fingerprint density at radius 1 is 0.939 bits per heavy atom. The summed E-state index contributed by atoms with van der Waals surface area (Å²) in [5, 5.41) is 5.79. The van der Waals surface area contributed by atoms with Crippen molar-refractivity contribution in [3.8, 4) is 5.88 Å². The molecule has 5 aromatic rings. The molecular formula is C39H46N6O4. The molecule has 0 N–H and O–H groups in total. The van der Waals surface area contributed by atoms with E-state index in [1.165, 1.54) is 23.7 Å². The Kier molecular flexibility index (Phi) is 8.61. The molecule has 1 atom stereocenters. The van der Waals surface area contributed by atoms with Gasteiger partial charge in [-0.05, 0) is 108 Å². The minimum Gasteiger partial charge on any atom is -0.473 e. The Balaban J connectivity index is 0.910. The van der Waals surface area contributed by atoms with E-state index in [0.29, 0.717) is 24.0 Å². The van der Waals surface area contributed by atoms with Crippen LogP contribution in [0.25, 0.3) is 21.9 Å². The Morgan fingerprint density at radius 2 is 1.78 bits per heavy atom. The van der Waals surface area contributed by atoms with E-state index in [1.54, 1.807) is 0 Å². The average Bonchev–Trinajstić information content (AvgIpc) is 3.71. The van der Waals surface area contributed by atoms with Crippen molar-refractivity contribution in [2.45, 2.75) is 96.7 Å². The van der Waals surface area contributed by atoms with Gasteiger partial charge in [-0.1, -0.05) is 18.2 Å². The van der Waals surface area contributed by atoms with Crippen molar-refractivity contribution in [2.24, 2.45) is 5.92 Å². The molecule has 0 amide bonds. The minimum absolute atomic E-state index is 0.173. The standard InChI is InChI=1S/C39H46N6O4/c1-39(2,3)49-38(46)29-11-12-33-35(20-29)44(23-31-15-18-47-31)36(41-33)24-43-16-13-28(14-17-43)32-5-4-6-37(42-32)48-25-27-9-10-30-21-40-45(34(30)19-27)22-26-7-8-26/h4-6,9-12,19-21,26,28,31H,7-8,13-18,22-25H2,1-3H3. The lowest BCUT2D eigenvalue weighted by Gasteiger charge is -2.32. The first kappa shape index (κ1) is 32.0. The average molecular weight is 663 g/mol. The van der Waals surface area contributed by atoms with Crippen molar-refractivity contribution >= 4 is 27.9 Å². The van der Waals surface area contributed by atoms with E-state index in [9.17, 15) is 4.79 Å². The van der Waals surface area contributed by atoms with E-state index in [4.69, 9.17) is 24.2 Å². The fourth-order valence-electron chi connectivity index (χ4n) is 6.97. The molecule has 2 saturated heterocycles. The summed E-state index contributed by atoms with van der Waals surface area (Å²) in [5.41, 5.74) is 5.24. The number of aromatic nitrogens is 5. The second-order valence-electron chi connectivity index (χ2n) is 15.0. The zero-order chi connectivity index (χ0) is 33.5. The zero-order valence-corrected chi connectivity index (χ0v) is 28.8. The van der Waals surface area contributed by atoms with Gasteiger partial charge in [0.1, 0.15) is 18.0 Å². The molecule has 3 aliphatic rings. The summed E-state index contributed by atoms with van der Waals surface area (Å²) in [4.78, 5) is 25.3. The smallest absolute Gasteiger partial charge is 0.338 e. The number of piperidine rings is 1. The van der Waals surface area contributed by atoms with Crippen LogP contribution in [0.2, 0.25) is 0 Å². The van der Waals surface area contributed by atoms with E-state index in [-0.39, 0.29) is 12.1 Å². The highest BCUT2D eigenvalue weighted by Gasteiger charge is 2.27. The maximum atomic E-state index is 12.9. The van der Waals surface area contributed by atoms with Crippen LogP contribution in [0.15, 0.2) is 60.8 Å². The molecule has 2 aromatic carbocycles. The van der Waals surface area contributed by atoms with E-state index >= 15 is 0 Å². The number of ether oxygens (including phenoxy) is 3. The molecule has 8 rings (SSSR count). The molecule has 0 spiro atoms. The van der Waals surface area contributed by atoms with Gasteiger partial charge in [0.2, 0.25) is 5.88 Å². The SMILES string of the molecule is CC(C)(C)OC(=O)c1ccc2nc(CN3CCC(c4cccc(OCc5ccc6cnn(CC7CC7)c6c5)n4)CC3)n(CC3CCO3)c2c1. The molecule has 10 nitrogen and oxygen atoms in total. The van der Waals surface area contributed by atoms with Crippen LogP contribution in [0.4, 0.5) is 0 Å². The number of fused-ring (bicyclic) bond motifs is 2. The normalized spacial score (nSPS) is 19.0. The molecule has 1 saturated carbocycles. The molecule has 10 heteroatoms. The number of imidazole rings is 1. The molecule has 3 aromatic heterocycles. The summed E-state index contributed by atoms with van der Waals surface area (Å²) in [5.74, 6) is 2.52. The quantitative estimate of drug-likeness (QED) is 0.141. The number of benzene rings is 2. The topological polar surface area (TPSA) is 96.5 Å². The van der Waals surface area contributed by atoms with Crippen molar-refractivity contribution in [2.75, 3.05) is 19.7 Å². The van der Waals surface area contributed by atoms with Crippen molar-refractivity contribution in [3.05, 3.63) is 83.4 Å². The van der Waals surface area contributed by atoms with Gasteiger partial charge >= 0.3 is 5.97 Å². The fraction of sp³-hybridized carbons (Fsp3) is 0.487. The van der Waals surface area contributed by atoms with Crippen molar-refractivity contribution < 1.29 is 19.0 Å². The maximum absolute atomic E-state index is 12.9. The molecule has 256 valence electrons. The number of hydrogen-bond donors (Lipinski definition) is 0. The number of rotatable bonds is 11. The largest absolute Gasteiger partial charge is 0.473 e. The van der Waals surface area contributed by atoms with Crippen molar-refractivity contribution in [3.63, 3.8) is 0 Å². The van der Waals surface area contributed by atoms with Gasteiger partial charge in [0.25, 0.3) is 0 Å². The second kappa shape index (κ2) is 13.2. The predicted molar refractivity (Wildman–Crippen MR) is 188 cm³/mol. The molecule has 1 aliphatic carbocycles.